The molecule has 2 atom stereocenters. The average Bonchev–Trinajstić information content (AvgIpc) is 3.13. The highest BCUT2D eigenvalue weighted by molar-refractivity contribution is 7.96. The molecular formula is C26H22NO5S+. The van der Waals surface area contributed by atoms with E-state index in [1.165, 1.54) is 23.4 Å². The van der Waals surface area contributed by atoms with Gasteiger partial charge in [-0.05, 0) is 43.7 Å². The van der Waals surface area contributed by atoms with Gasteiger partial charge in [-0.1, -0.05) is 30.3 Å². The fraction of sp³-hybridized carbons (Fsp3) is 0.192. The van der Waals surface area contributed by atoms with E-state index in [4.69, 9.17) is 9.78 Å². The molecule has 0 saturated carbocycles. The maximum atomic E-state index is 12.8. The number of hydrogen-bond donors (Lipinski definition) is 1. The first-order valence-corrected chi connectivity index (χ1v) is 12.2. The highest BCUT2D eigenvalue weighted by atomic mass is 32.2. The Bertz CT molecular complexity index is 1490. The fourth-order valence-electron chi connectivity index (χ4n) is 4.91. The van der Waals surface area contributed by atoms with Gasteiger partial charge in [0.05, 0.1) is 10.3 Å². The summed E-state index contributed by atoms with van der Waals surface area (Å²) >= 11 is 0. The molecule has 1 aromatic heterocycles. The molecule has 7 heteroatoms. The summed E-state index contributed by atoms with van der Waals surface area (Å²) in [5.74, 6) is -0.243. The minimum atomic E-state index is -3.77. The summed E-state index contributed by atoms with van der Waals surface area (Å²) in [4.78, 5) is 10.7. The molecule has 6 rings (SSSR count). The van der Waals surface area contributed by atoms with Gasteiger partial charge in [0, 0.05) is 29.3 Å². The predicted octanol–water partition coefficient (Wildman–Crippen LogP) is 4.24. The van der Waals surface area contributed by atoms with Gasteiger partial charge in [-0.3, -0.25) is 0 Å². The van der Waals surface area contributed by atoms with Crippen molar-refractivity contribution in [2.24, 2.45) is 0 Å². The van der Waals surface area contributed by atoms with Gasteiger partial charge >= 0.3 is 0 Å². The molecule has 4 heterocycles. The second-order valence-electron chi connectivity index (χ2n) is 9.01. The molecule has 166 valence electrons. The van der Waals surface area contributed by atoms with Crippen molar-refractivity contribution in [1.29, 1.82) is 0 Å². The molecule has 3 aromatic rings. The van der Waals surface area contributed by atoms with E-state index in [0.29, 0.717) is 5.56 Å². The maximum absolute atomic E-state index is 12.8. The van der Waals surface area contributed by atoms with Crippen LogP contribution in [0.15, 0.2) is 88.8 Å². The Balaban J connectivity index is 1.30. The number of hydrogen-bond acceptors (Lipinski definition) is 5. The molecule has 0 amide bonds. The minimum Gasteiger partial charge on any atom is -0.506 e. The van der Waals surface area contributed by atoms with Crippen LogP contribution < -0.4 is 4.57 Å². The Labute approximate surface area is 191 Å². The second kappa shape index (κ2) is 6.87. The zero-order valence-corrected chi connectivity index (χ0v) is 18.9. The van der Waals surface area contributed by atoms with Crippen molar-refractivity contribution < 1.29 is 27.9 Å². The lowest BCUT2D eigenvalue weighted by Gasteiger charge is -2.33. The van der Waals surface area contributed by atoms with Crippen LogP contribution in [0.3, 0.4) is 0 Å². The van der Waals surface area contributed by atoms with Crippen molar-refractivity contribution in [3.05, 3.63) is 106 Å². The number of aliphatic hydroxyl groups is 1. The van der Waals surface area contributed by atoms with Gasteiger partial charge in [-0.25, -0.2) is 18.2 Å². The lowest BCUT2D eigenvalue weighted by Crippen LogP contribution is -2.37. The zero-order chi connectivity index (χ0) is 23.0. The zero-order valence-electron chi connectivity index (χ0n) is 18.1. The number of allylic oxidation sites excluding steroid dienone is 1. The summed E-state index contributed by atoms with van der Waals surface area (Å²) in [5, 5.41) is 10.5. The molecule has 0 aliphatic carbocycles. The Morgan fingerprint density at radius 3 is 2.55 bits per heavy atom. The highest BCUT2D eigenvalue weighted by Gasteiger charge is 2.45. The highest BCUT2D eigenvalue weighted by Crippen LogP contribution is 2.42. The molecule has 2 aromatic carbocycles. The van der Waals surface area contributed by atoms with E-state index in [9.17, 15) is 13.5 Å². The van der Waals surface area contributed by atoms with E-state index < -0.39 is 15.9 Å². The number of aromatic nitrogens is 1. The van der Waals surface area contributed by atoms with Gasteiger partial charge < -0.3 is 5.11 Å². The van der Waals surface area contributed by atoms with Crippen molar-refractivity contribution in [3.8, 4) is 5.69 Å². The Hall–Kier alpha value is -3.26. The normalized spacial score (nSPS) is 23.8. The fourth-order valence-corrected chi connectivity index (χ4v) is 6.49. The Morgan fingerprint density at radius 1 is 1.03 bits per heavy atom. The van der Waals surface area contributed by atoms with Crippen LogP contribution in [-0.2, 0) is 25.0 Å². The number of fused-ring (bicyclic) bond motifs is 4. The van der Waals surface area contributed by atoms with Crippen LogP contribution in [0.1, 0.15) is 42.3 Å². The number of sulfone groups is 1. The predicted molar refractivity (Wildman–Crippen MR) is 121 cm³/mol. The molecule has 0 bridgehead atoms. The maximum Gasteiger partial charge on any atom is 0.215 e. The van der Waals surface area contributed by atoms with Gasteiger partial charge in [0.15, 0.2) is 18.0 Å². The number of aliphatic hydroxyl groups excluding tert-OH is 1. The van der Waals surface area contributed by atoms with Crippen molar-refractivity contribution in [2.45, 2.75) is 36.4 Å². The van der Waals surface area contributed by atoms with E-state index in [1.54, 1.807) is 24.3 Å². The average molecular weight is 461 g/mol. The van der Waals surface area contributed by atoms with Crippen LogP contribution in [0, 0.1) is 0 Å². The van der Waals surface area contributed by atoms with Gasteiger partial charge in [0.1, 0.15) is 16.8 Å². The van der Waals surface area contributed by atoms with E-state index in [0.717, 1.165) is 11.3 Å². The van der Waals surface area contributed by atoms with E-state index >= 15 is 0 Å². The first-order chi connectivity index (χ1) is 15.8. The van der Waals surface area contributed by atoms with Crippen LogP contribution in [0.25, 0.3) is 11.4 Å². The quantitative estimate of drug-likeness (QED) is 0.467. The van der Waals surface area contributed by atoms with Crippen LogP contribution in [0.5, 0.6) is 0 Å². The summed E-state index contributed by atoms with van der Waals surface area (Å²) < 4.78 is 27.8. The largest absolute Gasteiger partial charge is 0.506 e. The monoisotopic (exact) mass is 460 g/mol. The summed E-state index contributed by atoms with van der Waals surface area (Å²) in [7, 11) is -3.77. The minimum absolute atomic E-state index is 0.113. The molecule has 1 fully saturated rings. The van der Waals surface area contributed by atoms with Crippen molar-refractivity contribution in [2.75, 3.05) is 0 Å². The number of nitrogens with zero attached hydrogens (tertiary/aromatic N) is 1. The lowest BCUT2D eigenvalue weighted by atomic mass is 9.82. The van der Waals surface area contributed by atoms with Crippen molar-refractivity contribution in [1.82, 2.24) is 0 Å². The molecule has 1 N–H and O–H groups in total. The molecule has 33 heavy (non-hydrogen) atoms. The molecule has 0 spiro atoms. The molecule has 6 nitrogen and oxygen atoms in total. The number of pyridine rings is 1. The number of benzene rings is 2. The third kappa shape index (κ3) is 2.80. The van der Waals surface area contributed by atoms with E-state index in [2.05, 4.69) is 42.7 Å². The molecule has 3 aliphatic rings. The standard InChI is InChI=1S/C26H21NO5S/c1-26(2)18-8-4-5-9-19(18)27-14-13-16(15-23(26)27)25-20(31-32-25)11-12-22-24(28)17-7-3-6-10-21(17)33(22,29)30/h3-15,20,25H,1-2H3/p+1/b12-11+. The van der Waals surface area contributed by atoms with Crippen LogP contribution in [0.2, 0.25) is 0 Å². The summed E-state index contributed by atoms with van der Waals surface area (Å²) in [6, 6.07) is 18.9. The molecular weight excluding hydrogens is 438 g/mol. The smallest absolute Gasteiger partial charge is 0.215 e. The van der Waals surface area contributed by atoms with Crippen molar-refractivity contribution >= 4 is 15.6 Å². The first-order valence-electron chi connectivity index (χ1n) is 10.7. The lowest BCUT2D eigenvalue weighted by molar-refractivity contribution is -0.600. The van der Waals surface area contributed by atoms with Crippen LogP contribution >= 0.6 is 0 Å². The molecule has 0 radical (unpaired) electrons. The number of rotatable bonds is 3. The summed E-state index contributed by atoms with van der Waals surface area (Å²) in [5.41, 5.74) is 4.67. The Kier molecular flexibility index (Phi) is 4.24. The van der Waals surface area contributed by atoms with Crippen molar-refractivity contribution in [3.63, 3.8) is 0 Å². The van der Waals surface area contributed by atoms with Crippen LogP contribution in [0.4, 0.5) is 0 Å². The third-order valence-corrected chi connectivity index (χ3v) is 8.59. The topological polar surface area (TPSA) is 76.7 Å². The third-order valence-electron chi connectivity index (χ3n) is 6.75. The first kappa shape index (κ1) is 20.4. The SMILES string of the molecule is CC1(C)c2ccccc2-[n+]2ccc(C3OOC3/C=C/C3=C(O)c4ccccc4S3(=O)=O)cc21. The summed E-state index contributed by atoms with van der Waals surface area (Å²) in [6.07, 6.45) is 4.23. The summed E-state index contributed by atoms with van der Waals surface area (Å²) in [6.45, 7) is 4.39. The van der Waals surface area contributed by atoms with Crippen LogP contribution in [-0.4, -0.2) is 19.6 Å². The van der Waals surface area contributed by atoms with E-state index in [-0.39, 0.29) is 27.1 Å². The van der Waals surface area contributed by atoms with Gasteiger partial charge in [-0.2, -0.15) is 4.57 Å². The molecule has 1 saturated heterocycles. The van der Waals surface area contributed by atoms with Gasteiger partial charge in [0.25, 0.3) is 0 Å². The molecule has 2 unspecified atom stereocenters. The molecule has 3 aliphatic heterocycles. The Morgan fingerprint density at radius 2 is 1.79 bits per heavy atom. The van der Waals surface area contributed by atoms with E-state index in [1.807, 2.05) is 18.3 Å². The second-order valence-corrected chi connectivity index (χ2v) is 10.9. The van der Waals surface area contributed by atoms with Gasteiger partial charge in [-0.15, -0.1) is 0 Å². The number of para-hydroxylation sites is 1. The van der Waals surface area contributed by atoms with Gasteiger partial charge in [0.2, 0.25) is 15.5 Å².